The van der Waals surface area contributed by atoms with Crippen molar-refractivity contribution in [3.8, 4) is 0 Å². The van der Waals surface area contributed by atoms with E-state index in [2.05, 4.69) is 12.2 Å². The van der Waals surface area contributed by atoms with Gasteiger partial charge in [0.2, 0.25) is 5.91 Å². The lowest BCUT2D eigenvalue weighted by atomic mass is 9.77. The molecule has 0 saturated heterocycles. The van der Waals surface area contributed by atoms with Crippen LogP contribution in [-0.4, -0.2) is 34.3 Å². The number of carboxylic acids is 1. The molecule has 198 valence electrons. The highest BCUT2D eigenvalue weighted by Gasteiger charge is 2.36. The number of carbonyl (C=O) groups is 3. The highest BCUT2D eigenvalue weighted by Crippen LogP contribution is 2.40. The number of amides is 2. The Kier molecular flexibility index (Phi) is 9.08. The highest BCUT2D eigenvalue weighted by molar-refractivity contribution is 6.31. The molecule has 38 heavy (non-hydrogen) atoms. The topological polar surface area (TPSA) is 86.7 Å². The summed E-state index contributed by atoms with van der Waals surface area (Å²) in [6.45, 7) is 3.12. The minimum absolute atomic E-state index is 0.0218. The average Bonchev–Trinajstić information content (AvgIpc) is 3.35. The van der Waals surface area contributed by atoms with E-state index in [4.69, 9.17) is 28.3 Å². The first-order chi connectivity index (χ1) is 18.3. The van der Waals surface area contributed by atoms with Crippen LogP contribution in [0.15, 0.2) is 66.7 Å². The van der Waals surface area contributed by atoms with Crippen LogP contribution in [0.2, 0.25) is 10.0 Å². The van der Waals surface area contributed by atoms with Crippen molar-refractivity contribution >= 4 is 41.0 Å². The number of carboxylic acid groups (broad SMARTS) is 1. The van der Waals surface area contributed by atoms with Crippen molar-refractivity contribution in [3.63, 3.8) is 0 Å². The molecule has 0 aromatic heterocycles. The second-order valence-corrected chi connectivity index (χ2v) is 10.4. The molecule has 2 atom stereocenters. The van der Waals surface area contributed by atoms with Gasteiger partial charge in [-0.1, -0.05) is 72.9 Å². The molecule has 0 fully saturated rings. The molecular weight excluding hydrogens is 523 g/mol. The van der Waals surface area contributed by atoms with E-state index in [1.807, 2.05) is 47.4 Å². The summed E-state index contributed by atoms with van der Waals surface area (Å²) in [6.07, 6.45) is 1.50. The van der Waals surface area contributed by atoms with Crippen LogP contribution in [0, 0.1) is 0 Å². The van der Waals surface area contributed by atoms with Crippen molar-refractivity contribution < 1.29 is 19.5 Å². The Labute approximate surface area is 232 Å². The number of nitrogens with zero attached hydrogens (tertiary/aromatic N) is 1. The summed E-state index contributed by atoms with van der Waals surface area (Å²) in [5.74, 6) is -1.85. The minimum atomic E-state index is -0.968. The summed E-state index contributed by atoms with van der Waals surface area (Å²) in [4.78, 5) is 39.2. The normalized spacial score (nSPS) is 14.0. The van der Waals surface area contributed by atoms with Crippen LogP contribution in [0.5, 0.6) is 0 Å². The Morgan fingerprint density at radius 1 is 0.947 bits per heavy atom. The van der Waals surface area contributed by atoms with E-state index in [-0.39, 0.29) is 30.7 Å². The van der Waals surface area contributed by atoms with Crippen molar-refractivity contribution in [2.24, 2.45) is 0 Å². The zero-order chi connectivity index (χ0) is 27.2. The number of benzene rings is 3. The molecule has 6 nitrogen and oxygen atoms in total. The van der Waals surface area contributed by atoms with Gasteiger partial charge in [-0.3, -0.25) is 14.4 Å². The van der Waals surface area contributed by atoms with E-state index < -0.39 is 11.9 Å². The van der Waals surface area contributed by atoms with Crippen molar-refractivity contribution in [2.45, 2.75) is 51.1 Å². The monoisotopic (exact) mass is 552 g/mol. The Hall–Kier alpha value is -3.35. The number of aliphatic carboxylic acids is 1. The van der Waals surface area contributed by atoms with E-state index in [1.165, 1.54) is 0 Å². The standard InChI is InChI=1S/C30H30Cl2N2O4/c1-2-4-24(19-7-9-21(10-8-19)29(37)33-16-15-27(35)36)28(20-11-13-23(31)14-12-20)30(38)34-17-22-5-3-6-26(32)25(22)18-34/h3,5-14,24,28H,2,4,15-18H2,1H3,(H,33,37)(H,35,36). The molecule has 2 unspecified atom stereocenters. The summed E-state index contributed by atoms with van der Waals surface area (Å²) in [5, 5.41) is 12.7. The van der Waals surface area contributed by atoms with Gasteiger partial charge < -0.3 is 15.3 Å². The van der Waals surface area contributed by atoms with Gasteiger partial charge >= 0.3 is 5.97 Å². The van der Waals surface area contributed by atoms with E-state index in [9.17, 15) is 14.4 Å². The van der Waals surface area contributed by atoms with Crippen molar-refractivity contribution in [1.29, 1.82) is 0 Å². The van der Waals surface area contributed by atoms with Gasteiger partial charge in [0.1, 0.15) is 0 Å². The van der Waals surface area contributed by atoms with Crippen molar-refractivity contribution in [2.75, 3.05) is 6.54 Å². The molecule has 0 spiro atoms. The number of rotatable bonds is 10. The number of hydrogen-bond acceptors (Lipinski definition) is 3. The van der Waals surface area contributed by atoms with E-state index in [0.717, 1.165) is 35.1 Å². The van der Waals surface area contributed by atoms with Crippen LogP contribution in [0.25, 0.3) is 0 Å². The zero-order valence-electron chi connectivity index (χ0n) is 21.1. The third-order valence-corrected chi connectivity index (χ3v) is 7.57. The van der Waals surface area contributed by atoms with E-state index in [0.29, 0.717) is 28.7 Å². The third-order valence-electron chi connectivity index (χ3n) is 6.96. The van der Waals surface area contributed by atoms with Gasteiger partial charge in [-0.15, -0.1) is 0 Å². The van der Waals surface area contributed by atoms with Crippen molar-refractivity contribution in [3.05, 3.63) is 105 Å². The molecule has 0 radical (unpaired) electrons. The van der Waals surface area contributed by atoms with Crippen LogP contribution in [0.4, 0.5) is 0 Å². The summed E-state index contributed by atoms with van der Waals surface area (Å²) in [6, 6.07) is 20.4. The van der Waals surface area contributed by atoms with Crippen LogP contribution < -0.4 is 5.32 Å². The van der Waals surface area contributed by atoms with Crippen LogP contribution in [-0.2, 0) is 22.7 Å². The fraction of sp³-hybridized carbons (Fsp3) is 0.300. The molecule has 1 heterocycles. The van der Waals surface area contributed by atoms with Crippen molar-refractivity contribution in [1.82, 2.24) is 10.2 Å². The summed E-state index contributed by atoms with van der Waals surface area (Å²) < 4.78 is 0. The number of carbonyl (C=O) groups excluding carboxylic acids is 2. The average molecular weight is 553 g/mol. The van der Waals surface area contributed by atoms with Gasteiger partial charge in [0, 0.05) is 35.2 Å². The van der Waals surface area contributed by atoms with Gasteiger partial charge in [-0.2, -0.15) is 0 Å². The Morgan fingerprint density at radius 2 is 1.63 bits per heavy atom. The minimum Gasteiger partial charge on any atom is -0.481 e. The maximum absolute atomic E-state index is 14.2. The predicted octanol–water partition coefficient (Wildman–Crippen LogP) is 6.41. The van der Waals surface area contributed by atoms with Gasteiger partial charge in [-0.05, 0) is 64.9 Å². The lowest BCUT2D eigenvalue weighted by Crippen LogP contribution is -2.34. The van der Waals surface area contributed by atoms with Crippen LogP contribution >= 0.6 is 23.2 Å². The molecule has 8 heteroatoms. The molecule has 4 rings (SSSR count). The summed E-state index contributed by atoms with van der Waals surface area (Å²) in [5.41, 5.74) is 4.33. The smallest absolute Gasteiger partial charge is 0.305 e. The summed E-state index contributed by atoms with van der Waals surface area (Å²) in [7, 11) is 0. The lowest BCUT2D eigenvalue weighted by molar-refractivity contribution is -0.137. The molecule has 1 aliphatic heterocycles. The predicted molar refractivity (Wildman–Crippen MR) is 149 cm³/mol. The second kappa shape index (κ2) is 12.5. The van der Waals surface area contributed by atoms with Gasteiger partial charge in [0.05, 0.1) is 12.3 Å². The number of hydrogen-bond donors (Lipinski definition) is 2. The second-order valence-electron chi connectivity index (χ2n) is 9.52. The largest absolute Gasteiger partial charge is 0.481 e. The molecule has 0 saturated carbocycles. The molecule has 0 aliphatic carbocycles. The number of halogens is 2. The van der Waals surface area contributed by atoms with Gasteiger partial charge in [-0.25, -0.2) is 0 Å². The molecule has 2 amide bonds. The Balaban J connectivity index is 1.63. The molecule has 1 aliphatic rings. The number of fused-ring (bicyclic) bond motifs is 1. The number of nitrogens with one attached hydrogen (secondary N) is 1. The molecule has 3 aromatic carbocycles. The third kappa shape index (κ3) is 6.37. The van der Waals surface area contributed by atoms with E-state index in [1.54, 1.807) is 24.3 Å². The molecule has 3 aromatic rings. The SMILES string of the molecule is CCCC(c1ccc(C(=O)NCCC(=O)O)cc1)C(C(=O)N1Cc2cccc(Cl)c2C1)c1ccc(Cl)cc1. The van der Waals surface area contributed by atoms with Gasteiger partial charge in [0.25, 0.3) is 5.91 Å². The van der Waals surface area contributed by atoms with E-state index >= 15 is 0 Å². The fourth-order valence-corrected chi connectivity index (χ4v) is 5.43. The molecular formula is C30H30Cl2N2O4. The first kappa shape index (κ1) is 27.7. The van der Waals surface area contributed by atoms with Crippen LogP contribution in [0.1, 0.15) is 70.6 Å². The van der Waals surface area contributed by atoms with Gasteiger partial charge in [0.15, 0.2) is 0 Å². The first-order valence-corrected chi connectivity index (χ1v) is 13.4. The Morgan fingerprint density at radius 3 is 2.26 bits per heavy atom. The fourth-order valence-electron chi connectivity index (χ4n) is 5.05. The maximum atomic E-state index is 14.2. The highest BCUT2D eigenvalue weighted by atomic mass is 35.5. The first-order valence-electron chi connectivity index (χ1n) is 12.7. The summed E-state index contributed by atoms with van der Waals surface area (Å²) >= 11 is 12.6. The zero-order valence-corrected chi connectivity index (χ0v) is 22.6. The lowest BCUT2D eigenvalue weighted by Gasteiger charge is -2.31. The van der Waals surface area contributed by atoms with Crippen LogP contribution in [0.3, 0.4) is 0 Å². The molecule has 2 N–H and O–H groups in total. The maximum Gasteiger partial charge on any atom is 0.305 e. The quantitative estimate of drug-likeness (QED) is 0.304. The molecule has 0 bridgehead atoms. The Bertz CT molecular complexity index is 1310.